The van der Waals surface area contributed by atoms with Crippen LogP contribution in [0.3, 0.4) is 0 Å². The van der Waals surface area contributed by atoms with Crippen molar-refractivity contribution in [1.29, 1.82) is 0 Å². The van der Waals surface area contributed by atoms with Gasteiger partial charge in [-0.05, 0) is 49.6 Å². The molecule has 0 aliphatic rings. The van der Waals surface area contributed by atoms with E-state index in [1.165, 1.54) is 66.5 Å². The van der Waals surface area contributed by atoms with Gasteiger partial charge in [-0.15, -0.1) is 34.0 Å². The van der Waals surface area contributed by atoms with E-state index < -0.39 is 0 Å². The van der Waals surface area contributed by atoms with Crippen molar-refractivity contribution in [2.45, 2.75) is 65.5 Å². The summed E-state index contributed by atoms with van der Waals surface area (Å²) in [5, 5.41) is 4.52. The Morgan fingerprint density at radius 2 is 1.19 bits per heavy atom. The molecule has 0 aliphatic heterocycles. The molecule has 5 heterocycles. The second-order valence-electron chi connectivity index (χ2n) is 7.74. The van der Waals surface area contributed by atoms with Crippen molar-refractivity contribution in [2.75, 3.05) is 0 Å². The summed E-state index contributed by atoms with van der Waals surface area (Å²) >= 11 is 5.84. The smallest absolute Gasteiger partial charge is 0.0860 e. The molecular formula is C22H26N2S3. The molecule has 0 fully saturated rings. The van der Waals surface area contributed by atoms with E-state index in [-0.39, 0.29) is 0 Å². The van der Waals surface area contributed by atoms with E-state index >= 15 is 0 Å². The molecule has 0 saturated carbocycles. The number of hydrogen-bond acceptors (Lipinski definition) is 3. The normalized spacial score (nSPS) is 15.0. The van der Waals surface area contributed by atoms with E-state index in [9.17, 15) is 0 Å². The maximum absolute atomic E-state index is 2.65. The summed E-state index contributed by atoms with van der Waals surface area (Å²) in [7, 11) is 0. The van der Waals surface area contributed by atoms with E-state index in [1.807, 2.05) is 34.0 Å². The summed E-state index contributed by atoms with van der Waals surface area (Å²) in [4.78, 5) is 0. The highest BCUT2D eigenvalue weighted by molar-refractivity contribution is 7.33. The van der Waals surface area contributed by atoms with Gasteiger partial charge in [-0.3, -0.25) is 0 Å². The lowest BCUT2D eigenvalue weighted by atomic mass is 10.2. The van der Waals surface area contributed by atoms with Crippen LogP contribution in [-0.2, 0) is 0 Å². The van der Waals surface area contributed by atoms with E-state index in [4.69, 9.17) is 0 Å². The third-order valence-corrected chi connectivity index (χ3v) is 9.16. The minimum Gasteiger partial charge on any atom is -0.334 e. The predicted octanol–water partition coefficient (Wildman–Crippen LogP) is 8.81. The van der Waals surface area contributed by atoms with Crippen LogP contribution in [0.5, 0.6) is 0 Å². The highest BCUT2D eigenvalue weighted by atomic mass is 32.1. The molecule has 5 rings (SSSR count). The third kappa shape index (κ3) is 2.41. The minimum absolute atomic E-state index is 0.533. The van der Waals surface area contributed by atoms with Gasteiger partial charge in [0.1, 0.15) is 0 Å². The van der Waals surface area contributed by atoms with Crippen LogP contribution in [0, 0.1) is 0 Å². The highest BCUT2D eigenvalue weighted by Gasteiger charge is 2.26. The Labute approximate surface area is 172 Å². The predicted molar refractivity (Wildman–Crippen MR) is 125 cm³/mol. The molecule has 0 N–H and O–H groups in total. The van der Waals surface area contributed by atoms with Crippen LogP contribution in [0.4, 0.5) is 0 Å². The van der Waals surface area contributed by atoms with Gasteiger partial charge in [-0.1, -0.05) is 26.7 Å². The van der Waals surface area contributed by atoms with Crippen molar-refractivity contribution in [3.63, 3.8) is 0 Å². The van der Waals surface area contributed by atoms with Gasteiger partial charge >= 0.3 is 0 Å². The second-order valence-corrected chi connectivity index (χ2v) is 10.6. The summed E-state index contributed by atoms with van der Waals surface area (Å²) in [6.45, 7) is 9.39. The first kappa shape index (κ1) is 17.8. The van der Waals surface area contributed by atoms with E-state index in [0.29, 0.717) is 12.1 Å². The van der Waals surface area contributed by atoms with Crippen molar-refractivity contribution in [1.82, 2.24) is 9.13 Å². The van der Waals surface area contributed by atoms with Crippen LogP contribution in [0.1, 0.15) is 65.5 Å². The largest absolute Gasteiger partial charge is 0.334 e. The Morgan fingerprint density at radius 1 is 0.741 bits per heavy atom. The van der Waals surface area contributed by atoms with Crippen LogP contribution in [0.15, 0.2) is 22.9 Å². The summed E-state index contributed by atoms with van der Waals surface area (Å²) in [5.41, 5.74) is 5.85. The third-order valence-electron chi connectivity index (χ3n) is 5.86. The van der Waals surface area contributed by atoms with Crippen molar-refractivity contribution in [3.05, 3.63) is 22.9 Å². The minimum atomic E-state index is 0.533. The first-order valence-electron chi connectivity index (χ1n) is 10.1. The van der Waals surface area contributed by atoms with Gasteiger partial charge in [0.25, 0.3) is 0 Å². The van der Waals surface area contributed by atoms with Crippen molar-refractivity contribution in [3.8, 4) is 0 Å². The van der Waals surface area contributed by atoms with Crippen molar-refractivity contribution >= 4 is 74.9 Å². The molecule has 2 nitrogen and oxygen atoms in total. The molecule has 0 aliphatic carbocycles. The van der Waals surface area contributed by atoms with Gasteiger partial charge < -0.3 is 9.13 Å². The van der Waals surface area contributed by atoms with Gasteiger partial charge in [0.05, 0.1) is 40.9 Å². The van der Waals surface area contributed by atoms with Gasteiger partial charge in [0.15, 0.2) is 0 Å². The Bertz CT molecular complexity index is 1150. The number of nitrogens with zero attached hydrogens (tertiary/aromatic N) is 2. The monoisotopic (exact) mass is 414 g/mol. The number of aromatic nitrogens is 2. The Hall–Kier alpha value is -1.30. The van der Waals surface area contributed by atoms with E-state index in [2.05, 4.69) is 59.7 Å². The van der Waals surface area contributed by atoms with Gasteiger partial charge in [-0.2, -0.15) is 0 Å². The van der Waals surface area contributed by atoms with E-state index in [0.717, 1.165) is 0 Å². The van der Waals surface area contributed by atoms with Gasteiger partial charge in [-0.25, -0.2) is 0 Å². The first-order chi connectivity index (χ1) is 13.2. The molecule has 0 bridgehead atoms. The average Bonchev–Trinajstić information content (AvgIpc) is 3.38. The fourth-order valence-electron chi connectivity index (χ4n) is 4.74. The van der Waals surface area contributed by atoms with Crippen molar-refractivity contribution < 1.29 is 0 Å². The van der Waals surface area contributed by atoms with E-state index in [1.54, 1.807) is 0 Å². The Balaban J connectivity index is 1.95. The van der Waals surface area contributed by atoms with Crippen LogP contribution in [-0.4, -0.2) is 9.13 Å². The average molecular weight is 415 g/mol. The molecule has 142 valence electrons. The van der Waals surface area contributed by atoms with Crippen LogP contribution in [0.2, 0.25) is 0 Å². The summed E-state index contributed by atoms with van der Waals surface area (Å²) in [6.07, 6.45) is 4.90. The number of rotatable bonds is 6. The zero-order valence-corrected chi connectivity index (χ0v) is 18.9. The quantitative estimate of drug-likeness (QED) is 0.263. The van der Waals surface area contributed by atoms with Gasteiger partial charge in [0, 0.05) is 12.1 Å². The second kappa shape index (κ2) is 6.64. The lowest BCUT2D eigenvalue weighted by Crippen LogP contribution is -2.07. The molecule has 5 heteroatoms. The van der Waals surface area contributed by atoms with Crippen LogP contribution < -0.4 is 0 Å². The summed E-state index contributed by atoms with van der Waals surface area (Å²) in [6, 6.07) is 5.72. The molecular weight excluding hydrogens is 388 g/mol. The summed E-state index contributed by atoms with van der Waals surface area (Å²) in [5.74, 6) is 0. The molecule has 5 aromatic rings. The molecule has 5 aromatic heterocycles. The molecule has 0 aromatic carbocycles. The SMILES string of the molecule is CCCC(C)n1c2ccsc2c2sc3c4sccc4n(C(C)CCC)c3c21. The van der Waals surface area contributed by atoms with Crippen LogP contribution in [0.25, 0.3) is 40.9 Å². The van der Waals surface area contributed by atoms with Crippen molar-refractivity contribution in [2.24, 2.45) is 0 Å². The molecule has 0 spiro atoms. The lowest BCUT2D eigenvalue weighted by molar-refractivity contribution is 0.519. The molecule has 0 saturated heterocycles. The molecule has 0 amide bonds. The fraction of sp³-hybridized carbons (Fsp3) is 0.455. The maximum Gasteiger partial charge on any atom is 0.0860 e. The fourth-order valence-corrected chi connectivity index (χ4v) is 8.11. The molecule has 2 atom stereocenters. The number of thiophene rings is 3. The highest BCUT2D eigenvalue weighted by Crippen LogP contribution is 2.49. The zero-order chi connectivity index (χ0) is 18.7. The topological polar surface area (TPSA) is 9.86 Å². The molecule has 0 radical (unpaired) electrons. The number of hydrogen-bond donors (Lipinski definition) is 0. The first-order valence-corrected chi connectivity index (χ1v) is 12.7. The van der Waals surface area contributed by atoms with Crippen LogP contribution >= 0.6 is 34.0 Å². The maximum atomic E-state index is 2.65. The zero-order valence-electron chi connectivity index (χ0n) is 16.4. The number of fused-ring (bicyclic) bond motifs is 7. The van der Waals surface area contributed by atoms with Gasteiger partial charge in [0.2, 0.25) is 0 Å². The Kier molecular flexibility index (Phi) is 4.37. The lowest BCUT2D eigenvalue weighted by Gasteiger charge is -2.18. The standard InChI is InChI=1S/C22H26N2S3/c1-5-7-13(3)23-15-9-11-25-19(15)21-17(23)18-22(27-21)20-16(10-12-26-20)24(18)14(4)8-6-2/h9-14H,5-8H2,1-4H3. The molecule has 2 unspecified atom stereocenters. The molecule has 27 heavy (non-hydrogen) atoms. The Morgan fingerprint density at radius 3 is 1.59 bits per heavy atom. The summed E-state index contributed by atoms with van der Waals surface area (Å²) < 4.78 is 11.3.